The zero-order chi connectivity index (χ0) is 14.5. The molecule has 0 aliphatic carbocycles. The Labute approximate surface area is 119 Å². The average Bonchev–Trinajstić information content (AvgIpc) is 2.42. The number of aliphatic imine (C=N–C) groups is 1. The van der Waals surface area contributed by atoms with Crippen molar-refractivity contribution in [1.82, 2.24) is 10.6 Å². The third kappa shape index (κ3) is 3.58. The number of nitrogens with zero attached hydrogens (tertiary/aromatic N) is 1. The molecule has 8 heteroatoms. The van der Waals surface area contributed by atoms with Crippen LogP contribution in [0.3, 0.4) is 0 Å². The van der Waals surface area contributed by atoms with Gasteiger partial charge in [0.05, 0.1) is 6.54 Å². The molecule has 20 heavy (non-hydrogen) atoms. The summed E-state index contributed by atoms with van der Waals surface area (Å²) in [7, 11) is 0. The van der Waals surface area contributed by atoms with E-state index in [-0.39, 0.29) is 5.17 Å². The zero-order valence-electron chi connectivity index (χ0n) is 10.3. The van der Waals surface area contributed by atoms with Crippen molar-refractivity contribution in [3.05, 3.63) is 35.9 Å². The van der Waals surface area contributed by atoms with Crippen LogP contribution in [-0.4, -0.2) is 28.3 Å². The first-order chi connectivity index (χ1) is 9.56. The lowest BCUT2D eigenvalue weighted by molar-refractivity contribution is -0.128. The monoisotopic (exact) mass is 292 g/mol. The summed E-state index contributed by atoms with van der Waals surface area (Å²) in [4.78, 5) is 38.0. The molecule has 0 bridgehead atoms. The fraction of sp³-hybridized carbons (Fsp3) is 0.167. The SMILES string of the molecule is NC(=NCc1ccccc1)SC1C(=O)NC(=O)NC1=O. The second-order valence-electron chi connectivity index (χ2n) is 3.95. The van der Waals surface area contributed by atoms with E-state index in [4.69, 9.17) is 5.73 Å². The maximum absolute atomic E-state index is 11.5. The number of carbonyl (C=O) groups is 3. The average molecular weight is 292 g/mol. The first-order valence-corrected chi connectivity index (χ1v) is 6.60. The molecule has 4 amide bonds. The van der Waals surface area contributed by atoms with Crippen molar-refractivity contribution in [1.29, 1.82) is 0 Å². The van der Waals surface area contributed by atoms with Gasteiger partial charge in [-0.15, -0.1) is 0 Å². The minimum atomic E-state index is -1.10. The standard InChI is InChI=1S/C12H12N4O3S/c13-11(14-6-7-4-2-1-3-5-7)20-8-9(17)15-12(19)16-10(8)18/h1-5,8H,6H2,(H2,13,14)(H2,15,16,17,18,19). The van der Waals surface area contributed by atoms with Crippen LogP contribution in [0, 0.1) is 0 Å². The number of barbiturate groups is 1. The second kappa shape index (κ2) is 6.20. The van der Waals surface area contributed by atoms with Gasteiger partial charge in [-0.1, -0.05) is 42.1 Å². The number of urea groups is 1. The Kier molecular flexibility index (Phi) is 4.36. The van der Waals surface area contributed by atoms with Gasteiger partial charge >= 0.3 is 6.03 Å². The van der Waals surface area contributed by atoms with Gasteiger partial charge in [0.15, 0.2) is 10.4 Å². The van der Waals surface area contributed by atoms with Crippen molar-refractivity contribution in [2.45, 2.75) is 11.8 Å². The third-order valence-corrected chi connectivity index (χ3v) is 3.48. The molecule has 4 N–H and O–H groups in total. The lowest BCUT2D eigenvalue weighted by Gasteiger charge is -2.19. The van der Waals surface area contributed by atoms with Gasteiger partial charge in [-0.05, 0) is 5.56 Å². The van der Waals surface area contributed by atoms with Crippen molar-refractivity contribution in [2.75, 3.05) is 0 Å². The van der Waals surface area contributed by atoms with Crippen molar-refractivity contribution in [3.63, 3.8) is 0 Å². The van der Waals surface area contributed by atoms with E-state index >= 15 is 0 Å². The maximum atomic E-state index is 11.5. The van der Waals surface area contributed by atoms with Crippen LogP contribution in [-0.2, 0) is 16.1 Å². The van der Waals surface area contributed by atoms with E-state index in [1.54, 1.807) is 0 Å². The van der Waals surface area contributed by atoms with Crippen LogP contribution in [0.15, 0.2) is 35.3 Å². The molecule has 2 rings (SSSR count). The smallest absolute Gasteiger partial charge is 0.328 e. The van der Waals surface area contributed by atoms with Crippen LogP contribution in [0.2, 0.25) is 0 Å². The quantitative estimate of drug-likeness (QED) is 0.411. The summed E-state index contributed by atoms with van der Waals surface area (Å²) in [6.45, 7) is 0.356. The van der Waals surface area contributed by atoms with Crippen molar-refractivity contribution in [3.8, 4) is 0 Å². The first kappa shape index (κ1) is 14.1. The van der Waals surface area contributed by atoms with Crippen molar-refractivity contribution in [2.24, 2.45) is 10.7 Å². The van der Waals surface area contributed by atoms with Gasteiger partial charge in [0.1, 0.15) is 0 Å². The van der Waals surface area contributed by atoms with Crippen LogP contribution < -0.4 is 16.4 Å². The molecular weight excluding hydrogens is 280 g/mol. The summed E-state index contributed by atoms with van der Waals surface area (Å²) in [6.07, 6.45) is 0. The summed E-state index contributed by atoms with van der Waals surface area (Å²) in [5, 5.41) is 3.00. The van der Waals surface area contributed by atoms with E-state index in [0.717, 1.165) is 17.3 Å². The number of nitrogens with one attached hydrogen (secondary N) is 2. The Hall–Kier alpha value is -2.35. The number of thioether (sulfide) groups is 1. The largest absolute Gasteiger partial charge is 0.378 e. The number of amidine groups is 1. The molecule has 1 aromatic carbocycles. The number of rotatable bonds is 3. The van der Waals surface area contributed by atoms with Crippen LogP contribution in [0.25, 0.3) is 0 Å². The number of carbonyl (C=O) groups excluding carboxylic acids is 3. The van der Waals surface area contributed by atoms with Gasteiger partial charge in [-0.3, -0.25) is 25.2 Å². The Morgan fingerprint density at radius 1 is 1.15 bits per heavy atom. The number of imide groups is 2. The molecule has 0 saturated carbocycles. The summed E-state index contributed by atoms with van der Waals surface area (Å²) in [6, 6.07) is 8.60. The molecule has 0 aromatic heterocycles. The van der Waals surface area contributed by atoms with Gasteiger partial charge in [-0.25, -0.2) is 4.79 Å². The maximum Gasteiger partial charge on any atom is 0.328 e. The summed E-state index contributed by atoms with van der Waals surface area (Å²) in [5.41, 5.74) is 6.64. The molecule has 1 aliphatic rings. The van der Waals surface area contributed by atoms with Crippen LogP contribution in [0.1, 0.15) is 5.56 Å². The van der Waals surface area contributed by atoms with E-state index in [0.29, 0.717) is 6.54 Å². The molecular formula is C12H12N4O3S. The number of hydrogen-bond donors (Lipinski definition) is 3. The highest BCUT2D eigenvalue weighted by molar-refractivity contribution is 8.15. The predicted molar refractivity (Wildman–Crippen MR) is 74.8 cm³/mol. The van der Waals surface area contributed by atoms with E-state index < -0.39 is 23.1 Å². The molecule has 0 atom stereocenters. The zero-order valence-corrected chi connectivity index (χ0v) is 11.1. The normalized spacial score (nSPS) is 16.8. The van der Waals surface area contributed by atoms with E-state index in [2.05, 4.69) is 4.99 Å². The molecule has 0 unspecified atom stereocenters. The Morgan fingerprint density at radius 3 is 2.35 bits per heavy atom. The molecule has 1 fully saturated rings. The Balaban J connectivity index is 1.97. The van der Waals surface area contributed by atoms with Crippen molar-refractivity contribution >= 4 is 34.8 Å². The van der Waals surface area contributed by atoms with Gasteiger partial charge in [-0.2, -0.15) is 0 Å². The Bertz CT molecular complexity index is 553. The Morgan fingerprint density at radius 2 is 1.75 bits per heavy atom. The van der Waals surface area contributed by atoms with Crippen molar-refractivity contribution < 1.29 is 14.4 Å². The number of amides is 4. The van der Waals surface area contributed by atoms with E-state index in [9.17, 15) is 14.4 Å². The molecule has 7 nitrogen and oxygen atoms in total. The molecule has 1 aromatic rings. The molecule has 1 saturated heterocycles. The summed E-state index contributed by atoms with van der Waals surface area (Å²) in [5.74, 6) is -1.39. The fourth-order valence-electron chi connectivity index (χ4n) is 1.52. The highest BCUT2D eigenvalue weighted by atomic mass is 32.2. The topological polar surface area (TPSA) is 114 Å². The molecule has 1 heterocycles. The number of nitrogens with two attached hydrogens (primary N) is 1. The molecule has 104 valence electrons. The lowest BCUT2D eigenvalue weighted by Crippen LogP contribution is -2.57. The van der Waals surface area contributed by atoms with Gasteiger partial charge in [0.25, 0.3) is 11.8 Å². The lowest BCUT2D eigenvalue weighted by atomic mass is 10.2. The predicted octanol–water partition coefficient (Wildman–Crippen LogP) is -0.0309. The first-order valence-electron chi connectivity index (χ1n) is 5.72. The summed E-state index contributed by atoms with van der Waals surface area (Å²) < 4.78 is 0. The third-order valence-electron chi connectivity index (χ3n) is 2.45. The fourth-order valence-corrected chi connectivity index (χ4v) is 2.24. The van der Waals surface area contributed by atoms with Crippen LogP contribution in [0.5, 0.6) is 0 Å². The highest BCUT2D eigenvalue weighted by Crippen LogP contribution is 2.14. The van der Waals surface area contributed by atoms with Gasteiger partial charge in [0.2, 0.25) is 0 Å². The minimum absolute atomic E-state index is 0.110. The summed E-state index contributed by atoms with van der Waals surface area (Å²) >= 11 is 0.809. The molecule has 1 aliphatic heterocycles. The van der Waals surface area contributed by atoms with Crippen LogP contribution in [0.4, 0.5) is 4.79 Å². The molecule has 0 spiro atoms. The van der Waals surface area contributed by atoms with Gasteiger partial charge in [0, 0.05) is 0 Å². The second-order valence-corrected chi connectivity index (χ2v) is 5.07. The minimum Gasteiger partial charge on any atom is -0.378 e. The molecule has 0 radical (unpaired) electrons. The highest BCUT2D eigenvalue weighted by Gasteiger charge is 2.35. The van der Waals surface area contributed by atoms with Gasteiger partial charge < -0.3 is 5.73 Å². The number of benzene rings is 1. The number of hydrogen-bond acceptors (Lipinski definition) is 5. The van der Waals surface area contributed by atoms with E-state index in [1.165, 1.54) is 0 Å². The van der Waals surface area contributed by atoms with E-state index in [1.807, 2.05) is 41.0 Å². The van der Waals surface area contributed by atoms with Crippen LogP contribution >= 0.6 is 11.8 Å².